The third-order valence-electron chi connectivity index (χ3n) is 3.31. The summed E-state index contributed by atoms with van der Waals surface area (Å²) in [5.74, 6) is 0. The van der Waals surface area contributed by atoms with Gasteiger partial charge in [-0.05, 0) is 44.1 Å². The summed E-state index contributed by atoms with van der Waals surface area (Å²) in [6.07, 6.45) is 1.20. The van der Waals surface area contributed by atoms with Gasteiger partial charge in [0.25, 0.3) is 0 Å². The molecule has 108 valence electrons. The number of halogens is 2. The maximum Gasteiger partial charge on any atom is 0.0595 e. The maximum atomic E-state index is 6.04. The fraction of sp³-hybridized carbons (Fsp3) is 0.600. The van der Waals surface area contributed by atoms with Crippen LogP contribution in [0.1, 0.15) is 38.8 Å². The number of likely N-dealkylation sites (N-methyl/N-ethyl adjacent to an activating group) is 1. The average Bonchev–Trinajstić information content (AvgIpc) is 2.40. The minimum absolute atomic E-state index is 0.287. The van der Waals surface area contributed by atoms with Crippen LogP contribution >= 0.6 is 23.2 Å². The van der Waals surface area contributed by atoms with Gasteiger partial charge in [-0.3, -0.25) is 0 Å². The van der Waals surface area contributed by atoms with Crippen molar-refractivity contribution in [2.24, 2.45) is 0 Å². The van der Waals surface area contributed by atoms with Crippen molar-refractivity contribution in [1.82, 2.24) is 10.2 Å². The quantitative estimate of drug-likeness (QED) is 0.767. The molecule has 19 heavy (non-hydrogen) atoms. The number of hydrogen-bond donors (Lipinski definition) is 1. The summed E-state index contributed by atoms with van der Waals surface area (Å²) in [5.41, 5.74) is 1.17. The van der Waals surface area contributed by atoms with E-state index in [0.717, 1.165) is 19.6 Å². The summed E-state index contributed by atoms with van der Waals surface area (Å²) in [6.45, 7) is 10.9. The highest BCUT2D eigenvalue weighted by atomic mass is 35.5. The van der Waals surface area contributed by atoms with E-state index in [1.165, 1.54) is 18.5 Å². The molecule has 4 heteroatoms. The van der Waals surface area contributed by atoms with Crippen molar-refractivity contribution >= 4 is 23.2 Å². The first-order valence-electron chi connectivity index (χ1n) is 6.99. The Labute approximate surface area is 127 Å². The van der Waals surface area contributed by atoms with Gasteiger partial charge in [0.2, 0.25) is 0 Å². The number of nitrogens with one attached hydrogen (secondary N) is 1. The van der Waals surface area contributed by atoms with Gasteiger partial charge in [0.05, 0.1) is 10.0 Å². The van der Waals surface area contributed by atoms with Crippen LogP contribution in [-0.2, 0) is 0 Å². The lowest BCUT2D eigenvalue weighted by molar-refractivity contribution is 0.284. The van der Waals surface area contributed by atoms with E-state index < -0.39 is 0 Å². The monoisotopic (exact) mass is 302 g/mol. The molecule has 1 aromatic carbocycles. The molecular formula is C15H24Cl2N2. The number of benzene rings is 1. The van der Waals surface area contributed by atoms with E-state index in [-0.39, 0.29) is 6.04 Å². The molecule has 1 N–H and O–H groups in total. The highest BCUT2D eigenvalue weighted by Gasteiger charge is 2.08. The molecule has 0 fully saturated rings. The minimum atomic E-state index is 0.287. The highest BCUT2D eigenvalue weighted by molar-refractivity contribution is 6.42. The molecule has 1 unspecified atom stereocenters. The molecule has 0 radical (unpaired) electrons. The molecule has 0 bridgehead atoms. The van der Waals surface area contributed by atoms with E-state index in [4.69, 9.17) is 23.2 Å². The predicted octanol–water partition coefficient (Wildman–Crippen LogP) is 4.38. The second-order valence-electron chi connectivity index (χ2n) is 4.78. The normalized spacial score (nSPS) is 12.9. The number of rotatable bonds is 8. The molecule has 0 saturated heterocycles. The highest BCUT2D eigenvalue weighted by Crippen LogP contribution is 2.25. The fourth-order valence-corrected chi connectivity index (χ4v) is 2.39. The summed E-state index contributed by atoms with van der Waals surface area (Å²) in [5, 5.41) is 4.75. The van der Waals surface area contributed by atoms with E-state index in [2.05, 4.69) is 31.0 Å². The van der Waals surface area contributed by atoms with Crippen LogP contribution in [0.15, 0.2) is 18.2 Å². The fourth-order valence-electron chi connectivity index (χ4n) is 2.08. The first-order chi connectivity index (χ1) is 9.08. The summed E-state index contributed by atoms with van der Waals surface area (Å²) in [7, 11) is 0. The third kappa shape index (κ3) is 5.70. The van der Waals surface area contributed by atoms with Crippen LogP contribution in [0.5, 0.6) is 0 Å². The minimum Gasteiger partial charge on any atom is -0.309 e. The van der Waals surface area contributed by atoms with Gasteiger partial charge >= 0.3 is 0 Å². The van der Waals surface area contributed by atoms with Crippen molar-refractivity contribution in [2.45, 2.75) is 33.2 Å². The Kier molecular flexibility index (Phi) is 7.77. The molecule has 0 aromatic heterocycles. The van der Waals surface area contributed by atoms with Gasteiger partial charge in [0.1, 0.15) is 0 Å². The van der Waals surface area contributed by atoms with Gasteiger partial charge in [-0.2, -0.15) is 0 Å². The molecule has 1 atom stereocenters. The summed E-state index contributed by atoms with van der Waals surface area (Å²) in [6, 6.07) is 6.10. The first kappa shape index (κ1) is 16.8. The van der Waals surface area contributed by atoms with Crippen molar-refractivity contribution in [1.29, 1.82) is 0 Å². The second-order valence-corrected chi connectivity index (χ2v) is 5.60. The van der Waals surface area contributed by atoms with E-state index in [1.807, 2.05) is 18.2 Å². The Hall–Kier alpha value is -0.280. The number of hydrogen-bond acceptors (Lipinski definition) is 2. The second kappa shape index (κ2) is 8.80. The Morgan fingerprint density at radius 3 is 2.47 bits per heavy atom. The summed E-state index contributed by atoms with van der Waals surface area (Å²) < 4.78 is 0. The molecule has 0 heterocycles. The molecule has 0 saturated carbocycles. The van der Waals surface area contributed by atoms with Gasteiger partial charge in [-0.15, -0.1) is 0 Å². The lowest BCUT2D eigenvalue weighted by Gasteiger charge is -2.21. The molecule has 0 aliphatic heterocycles. The number of nitrogens with zero attached hydrogens (tertiary/aromatic N) is 1. The Balaban J connectivity index is 2.42. The van der Waals surface area contributed by atoms with Crippen LogP contribution in [0.3, 0.4) is 0 Å². The van der Waals surface area contributed by atoms with E-state index in [1.54, 1.807) is 0 Å². The zero-order valence-electron chi connectivity index (χ0n) is 12.0. The van der Waals surface area contributed by atoms with Crippen molar-refractivity contribution in [3.05, 3.63) is 33.8 Å². The molecule has 0 aliphatic carbocycles. The van der Waals surface area contributed by atoms with Crippen LogP contribution in [0.25, 0.3) is 0 Å². The smallest absolute Gasteiger partial charge is 0.0595 e. The standard InChI is InChI=1S/C15H24Cl2N2/c1-4-9-19(5-2)10-8-18-12(3)13-6-7-14(16)15(17)11-13/h6-7,11-12,18H,4-5,8-10H2,1-3H3. The molecular weight excluding hydrogens is 279 g/mol. The molecule has 1 aromatic rings. The van der Waals surface area contributed by atoms with Crippen LogP contribution in [0.2, 0.25) is 10.0 Å². The van der Waals surface area contributed by atoms with E-state index >= 15 is 0 Å². The van der Waals surface area contributed by atoms with Crippen LogP contribution < -0.4 is 5.32 Å². The summed E-state index contributed by atoms with van der Waals surface area (Å²) >= 11 is 12.0. The largest absolute Gasteiger partial charge is 0.309 e. The van der Waals surface area contributed by atoms with Crippen molar-refractivity contribution in [2.75, 3.05) is 26.2 Å². The van der Waals surface area contributed by atoms with Crippen LogP contribution in [0.4, 0.5) is 0 Å². The Morgan fingerprint density at radius 1 is 1.16 bits per heavy atom. The van der Waals surface area contributed by atoms with Gasteiger partial charge in [-0.25, -0.2) is 0 Å². The van der Waals surface area contributed by atoms with Gasteiger partial charge in [0.15, 0.2) is 0 Å². The third-order valence-corrected chi connectivity index (χ3v) is 4.05. The average molecular weight is 303 g/mol. The summed E-state index contributed by atoms with van der Waals surface area (Å²) in [4.78, 5) is 2.45. The zero-order chi connectivity index (χ0) is 14.3. The van der Waals surface area contributed by atoms with Gasteiger partial charge < -0.3 is 10.2 Å². The Bertz CT molecular complexity index is 382. The van der Waals surface area contributed by atoms with E-state index in [0.29, 0.717) is 10.0 Å². The first-order valence-corrected chi connectivity index (χ1v) is 7.74. The van der Waals surface area contributed by atoms with E-state index in [9.17, 15) is 0 Å². The predicted molar refractivity (Wildman–Crippen MR) is 85.3 cm³/mol. The maximum absolute atomic E-state index is 6.04. The topological polar surface area (TPSA) is 15.3 Å². The van der Waals surface area contributed by atoms with Gasteiger partial charge in [-0.1, -0.05) is 43.1 Å². The van der Waals surface area contributed by atoms with Gasteiger partial charge in [0, 0.05) is 19.1 Å². The Morgan fingerprint density at radius 2 is 1.89 bits per heavy atom. The SMILES string of the molecule is CCCN(CC)CCNC(C)c1ccc(Cl)c(Cl)c1. The molecule has 0 aliphatic rings. The van der Waals surface area contributed by atoms with Crippen LogP contribution in [-0.4, -0.2) is 31.1 Å². The lowest BCUT2D eigenvalue weighted by atomic mass is 10.1. The van der Waals surface area contributed by atoms with Crippen molar-refractivity contribution in [3.63, 3.8) is 0 Å². The molecule has 2 nitrogen and oxygen atoms in total. The van der Waals surface area contributed by atoms with Crippen LogP contribution in [0, 0.1) is 0 Å². The lowest BCUT2D eigenvalue weighted by Crippen LogP contribution is -2.33. The van der Waals surface area contributed by atoms with Crippen molar-refractivity contribution < 1.29 is 0 Å². The molecule has 0 spiro atoms. The molecule has 0 amide bonds. The zero-order valence-corrected chi connectivity index (χ0v) is 13.6. The molecule has 1 rings (SSSR count). The van der Waals surface area contributed by atoms with Crippen molar-refractivity contribution in [3.8, 4) is 0 Å².